The fourth-order valence-corrected chi connectivity index (χ4v) is 1.71. The van der Waals surface area contributed by atoms with Gasteiger partial charge in [-0.2, -0.15) is 0 Å². The summed E-state index contributed by atoms with van der Waals surface area (Å²) in [6, 6.07) is 5.35. The van der Waals surface area contributed by atoms with Crippen LogP contribution in [0.4, 0.5) is 0 Å². The van der Waals surface area contributed by atoms with Gasteiger partial charge in [-0.1, -0.05) is 29.3 Å². The van der Waals surface area contributed by atoms with Crippen molar-refractivity contribution in [1.82, 2.24) is 0 Å². The molecule has 2 nitrogen and oxygen atoms in total. The molecule has 0 spiro atoms. The zero-order valence-electron chi connectivity index (χ0n) is 7.71. The molecule has 0 fully saturated rings. The minimum absolute atomic E-state index is 0.0636. The average molecular weight is 234 g/mol. The van der Waals surface area contributed by atoms with E-state index in [1.54, 1.807) is 12.1 Å². The molecule has 0 aliphatic heterocycles. The minimum Gasteiger partial charge on any atom is -0.396 e. The van der Waals surface area contributed by atoms with E-state index in [0.717, 1.165) is 5.56 Å². The van der Waals surface area contributed by atoms with E-state index in [4.69, 9.17) is 34.0 Å². The average Bonchev–Trinajstić information content (AvgIpc) is 2.17. The van der Waals surface area contributed by atoms with Crippen LogP contribution in [0, 0.1) is 5.92 Å². The van der Waals surface area contributed by atoms with E-state index in [2.05, 4.69) is 0 Å². The molecule has 14 heavy (non-hydrogen) atoms. The lowest BCUT2D eigenvalue weighted by molar-refractivity contribution is 0.230. The molecule has 1 rings (SSSR count). The largest absolute Gasteiger partial charge is 0.396 e. The highest BCUT2D eigenvalue weighted by atomic mass is 35.5. The molecule has 0 saturated carbocycles. The lowest BCUT2D eigenvalue weighted by Crippen LogP contribution is -2.20. The standard InChI is InChI=1S/C10H13Cl2NO/c11-9-2-1-8(10(12)4-9)3-7(5-13)6-14/h1-2,4,7,14H,3,5-6,13H2. The minimum atomic E-state index is 0.0636. The molecule has 0 heterocycles. The third-order valence-corrected chi connectivity index (χ3v) is 2.70. The van der Waals surface area contributed by atoms with Crippen molar-refractivity contribution in [3.8, 4) is 0 Å². The van der Waals surface area contributed by atoms with Gasteiger partial charge in [0.05, 0.1) is 0 Å². The molecule has 0 aliphatic rings. The highest BCUT2D eigenvalue weighted by molar-refractivity contribution is 6.35. The van der Waals surface area contributed by atoms with Crippen molar-refractivity contribution in [2.75, 3.05) is 13.2 Å². The molecule has 4 heteroatoms. The fourth-order valence-electron chi connectivity index (χ4n) is 1.22. The summed E-state index contributed by atoms with van der Waals surface area (Å²) in [6.07, 6.45) is 0.684. The van der Waals surface area contributed by atoms with Crippen LogP contribution in [0.15, 0.2) is 18.2 Å². The number of hydrogen-bond donors (Lipinski definition) is 2. The molecule has 0 saturated heterocycles. The van der Waals surface area contributed by atoms with E-state index >= 15 is 0 Å². The second-order valence-corrected chi connectivity index (χ2v) is 4.07. The van der Waals surface area contributed by atoms with Gasteiger partial charge in [0.1, 0.15) is 0 Å². The Hall–Kier alpha value is -0.280. The van der Waals surface area contributed by atoms with Crippen molar-refractivity contribution in [2.24, 2.45) is 11.7 Å². The first-order valence-electron chi connectivity index (χ1n) is 4.42. The molecule has 0 aromatic heterocycles. The van der Waals surface area contributed by atoms with Crippen molar-refractivity contribution in [3.63, 3.8) is 0 Å². The first kappa shape index (κ1) is 11.8. The van der Waals surface area contributed by atoms with Gasteiger partial charge in [0, 0.05) is 16.7 Å². The number of rotatable bonds is 4. The molecular weight excluding hydrogens is 221 g/mol. The van der Waals surface area contributed by atoms with Crippen molar-refractivity contribution in [1.29, 1.82) is 0 Å². The molecule has 3 N–H and O–H groups in total. The SMILES string of the molecule is NCC(CO)Cc1ccc(Cl)cc1Cl. The maximum absolute atomic E-state index is 8.98. The van der Waals surface area contributed by atoms with Crippen molar-refractivity contribution in [2.45, 2.75) is 6.42 Å². The number of halogens is 2. The smallest absolute Gasteiger partial charge is 0.0474 e. The summed E-state index contributed by atoms with van der Waals surface area (Å²) < 4.78 is 0. The fraction of sp³-hybridized carbons (Fsp3) is 0.400. The zero-order valence-corrected chi connectivity index (χ0v) is 9.22. The van der Waals surface area contributed by atoms with Crippen LogP contribution in [0.2, 0.25) is 10.0 Å². The van der Waals surface area contributed by atoms with Gasteiger partial charge < -0.3 is 10.8 Å². The van der Waals surface area contributed by atoms with E-state index < -0.39 is 0 Å². The molecule has 1 aromatic carbocycles. The Morgan fingerprint density at radius 3 is 2.57 bits per heavy atom. The monoisotopic (exact) mass is 233 g/mol. The summed E-state index contributed by atoms with van der Waals surface area (Å²) in [6.45, 7) is 0.533. The van der Waals surface area contributed by atoms with E-state index in [1.165, 1.54) is 0 Å². The summed E-state index contributed by atoms with van der Waals surface area (Å²) in [7, 11) is 0. The molecule has 0 bridgehead atoms. The first-order chi connectivity index (χ1) is 6.67. The zero-order chi connectivity index (χ0) is 10.6. The summed E-state index contributed by atoms with van der Waals surface area (Å²) in [5.41, 5.74) is 6.45. The van der Waals surface area contributed by atoms with E-state index in [1.807, 2.05) is 6.07 Å². The van der Waals surface area contributed by atoms with Crippen LogP contribution in [0.5, 0.6) is 0 Å². The van der Waals surface area contributed by atoms with Crippen LogP contribution in [-0.4, -0.2) is 18.3 Å². The van der Waals surface area contributed by atoms with Crippen LogP contribution < -0.4 is 5.73 Å². The number of hydrogen-bond acceptors (Lipinski definition) is 2. The number of nitrogens with two attached hydrogens (primary N) is 1. The third kappa shape index (κ3) is 3.14. The molecule has 0 amide bonds. The Labute approximate surface area is 93.6 Å². The second kappa shape index (κ2) is 5.56. The van der Waals surface area contributed by atoms with Gasteiger partial charge in [0.25, 0.3) is 0 Å². The summed E-state index contributed by atoms with van der Waals surface area (Å²) in [5.74, 6) is 0.0636. The summed E-state index contributed by atoms with van der Waals surface area (Å²) in [5, 5.41) is 10.2. The molecule has 78 valence electrons. The van der Waals surface area contributed by atoms with Gasteiger partial charge in [-0.15, -0.1) is 0 Å². The van der Waals surface area contributed by atoms with Crippen LogP contribution in [-0.2, 0) is 6.42 Å². The van der Waals surface area contributed by atoms with Gasteiger partial charge in [-0.25, -0.2) is 0 Å². The molecule has 0 aliphatic carbocycles. The predicted octanol–water partition coefficient (Wildman–Crippen LogP) is 2.10. The summed E-state index contributed by atoms with van der Waals surface area (Å²) in [4.78, 5) is 0. The van der Waals surface area contributed by atoms with Crippen molar-refractivity contribution < 1.29 is 5.11 Å². The lowest BCUT2D eigenvalue weighted by Gasteiger charge is -2.12. The molecule has 1 unspecified atom stereocenters. The highest BCUT2D eigenvalue weighted by Gasteiger charge is 2.09. The molecular formula is C10H13Cl2NO. The Balaban J connectivity index is 2.76. The van der Waals surface area contributed by atoms with Crippen molar-refractivity contribution in [3.05, 3.63) is 33.8 Å². The Morgan fingerprint density at radius 1 is 1.36 bits per heavy atom. The molecule has 0 radical (unpaired) electrons. The maximum atomic E-state index is 8.98. The lowest BCUT2D eigenvalue weighted by atomic mass is 10.0. The van der Waals surface area contributed by atoms with Crippen LogP contribution in [0.1, 0.15) is 5.56 Å². The van der Waals surface area contributed by atoms with Gasteiger partial charge in [-0.05, 0) is 36.6 Å². The van der Waals surface area contributed by atoms with Gasteiger partial charge in [0.15, 0.2) is 0 Å². The second-order valence-electron chi connectivity index (χ2n) is 3.22. The Morgan fingerprint density at radius 2 is 2.07 bits per heavy atom. The normalized spacial score (nSPS) is 12.9. The van der Waals surface area contributed by atoms with Crippen LogP contribution >= 0.6 is 23.2 Å². The predicted molar refractivity (Wildman–Crippen MR) is 59.8 cm³/mol. The van der Waals surface area contributed by atoms with Crippen molar-refractivity contribution >= 4 is 23.2 Å². The quantitative estimate of drug-likeness (QED) is 0.837. The summed E-state index contributed by atoms with van der Waals surface area (Å²) >= 11 is 11.7. The van der Waals surface area contributed by atoms with Gasteiger partial charge >= 0.3 is 0 Å². The van der Waals surface area contributed by atoms with Gasteiger partial charge in [-0.3, -0.25) is 0 Å². The topological polar surface area (TPSA) is 46.2 Å². The first-order valence-corrected chi connectivity index (χ1v) is 5.17. The third-order valence-electron chi connectivity index (χ3n) is 2.12. The molecule has 1 aromatic rings. The highest BCUT2D eigenvalue weighted by Crippen LogP contribution is 2.23. The van der Waals surface area contributed by atoms with Gasteiger partial charge in [0.2, 0.25) is 0 Å². The van der Waals surface area contributed by atoms with Crippen LogP contribution in [0.3, 0.4) is 0 Å². The van der Waals surface area contributed by atoms with E-state index in [0.29, 0.717) is 23.0 Å². The number of benzene rings is 1. The molecule has 1 atom stereocenters. The van der Waals surface area contributed by atoms with E-state index in [-0.39, 0.29) is 12.5 Å². The maximum Gasteiger partial charge on any atom is 0.0474 e. The van der Waals surface area contributed by atoms with E-state index in [9.17, 15) is 0 Å². The Bertz CT molecular complexity index is 300. The van der Waals surface area contributed by atoms with Crippen LogP contribution in [0.25, 0.3) is 0 Å². The Kier molecular flexibility index (Phi) is 4.69. The number of aliphatic hydroxyl groups excluding tert-OH is 1. The number of aliphatic hydroxyl groups is 1.